The highest BCUT2D eigenvalue weighted by atomic mass is 32.2. The minimum absolute atomic E-state index is 0.100. The molecule has 1 aromatic carbocycles. The SMILES string of the molecule is Cc1cc(C)n(-c2nnc(SCC(=O)Nc3cccc(C#N)c3)n2N)n1. The van der Waals surface area contributed by atoms with E-state index in [0.717, 1.165) is 23.1 Å². The van der Waals surface area contributed by atoms with Crippen LogP contribution in [0, 0.1) is 25.2 Å². The molecule has 3 rings (SSSR count). The summed E-state index contributed by atoms with van der Waals surface area (Å²) in [6.45, 7) is 3.77. The lowest BCUT2D eigenvalue weighted by molar-refractivity contribution is -0.113. The van der Waals surface area contributed by atoms with Crippen LogP contribution in [0.3, 0.4) is 0 Å². The third kappa shape index (κ3) is 3.68. The number of nitrogens with two attached hydrogens (primary N) is 1. The molecule has 132 valence electrons. The van der Waals surface area contributed by atoms with E-state index in [9.17, 15) is 4.79 Å². The Bertz CT molecular complexity index is 1000. The highest BCUT2D eigenvalue weighted by Gasteiger charge is 2.16. The number of benzene rings is 1. The van der Waals surface area contributed by atoms with Gasteiger partial charge in [-0.3, -0.25) is 4.79 Å². The van der Waals surface area contributed by atoms with Gasteiger partial charge in [-0.05, 0) is 38.1 Å². The number of thioether (sulfide) groups is 1. The summed E-state index contributed by atoms with van der Waals surface area (Å²) in [7, 11) is 0. The number of nitrogen functional groups attached to an aromatic ring is 1. The number of rotatable bonds is 5. The summed E-state index contributed by atoms with van der Waals surface area (Å²) >= 11 is 1.16. The van der Waals surface area contributed by atoms with Gasteiger partial charge in [0.25, 0.3) is 5.95 Å². The predicted octanol–water partition coefficient (Wildman–Crippen LogP) is 1.40. The molecule has 0 fully saturated rings. The van der Waals surface area contributed by atoms with E-state index in [4.69, 9.17) is 11.1 Å². The molecule has 0 bridgehead atoms. The molecule has 10 heteroatoms. The molecule has 0 radical (unpaired) electrons. The first-order valence-electron chi connectivity index (χ1n) is 7.65. The topological polar surface area (TPSA) is 127 Å². The van der Waals surface area contributed by atoms with Crippen LogP contribution in [0.15, 0.2) is 35.5 Å². The molecule has 9 nitrogen and oxygen atoms in total. The van der Waals surface area contributed by atoms with Crippen LogP contribution >= 0.6 is 11.8 Å². The Morgan fingerprint density at radius 3 is 2.85 bits per heavy atom. The molecule has 0 unspecified atom stereocenters. The maximum Gasteiger partial charge on any atom is 0.271 e. The molecule has 26 heavy (non-hydrogen) atoms. The lowest BCUT2D eigenvalue weighted by Gasteiger charge is -2.06. The number of nitrogens with one attached hydrogen (secondary N) is 1. The summed E-state index contributed by atoms with van der Waals surface area (Å²) in [5.41, 5.74) is 2.77. The molecular formula is C16H16N8OS. The summed E-state index contributed by atoms with van der Waals surface area (Å²) in [6.07, 6.45) is 0. The van der Waals surface area contributed by atoms with E-state index in [1.807, 2.05) is 26.0 Å². The van der Waals surface area contributed by atoms with Crippen LogP contribution in [0.5, 0.6) is 0 Å². The molecule has 0 saturated heterocycles. The number of hydrogen-bond donors (Lipinski definition) is 2. The van der Waals surface area contributed by atoms with Crippen molar-refractivity contribution < 1.29 is 4.79 Å². The second-order valence-corrected chi connectivity index (χ2v) is 6.46. The number of nitriles is 1. The Kier molecular flexibility index (Phi) is 4.90. The molecular weight excluding hydrogens is 352 g/mol. The molecule has 0 saturated carbocycles. The van der Waals surface area contributed by atoms with Crippen molar-refractivity contribution in [2.24, 2.45) is 0 Å². The highest BCUT2D eigenvalue weighted by Crippen LogP contribution is 2.18. The smallest absolute Gasteiger partial charge is 0.271 e. The van der Waals surface area contributed by atoms with Crippen LogP contribution in [-0.2, 0) is 4.79 Å². The predicted molar refractivity (Wildman–Crippen MR) is 97.3 cm³/mol. The zero-order chi connectivity index (χ0) is 18.7. The fraction of sp³-hybridized carbons (Fsp3) is 0.188. The Balaban J connectivity index is 1.66. The monoisotopic (exact) mass is 368 g/mol. The summed E-state index contributed by atoms with van der Waals surface area (Å²) in [5.74, 6) is 6.27. The van der Waals surface area contributed by atoms with E-state index in [2.05, 4.69) is 20.6 Å². The first-order chi connectivity index (χ1) is 12.5. The molecule has 2 heterocycles. The van der Waals surface area contributed by atoms with Gasteiger partial charge in [0.05, 0.1) is 23.1 Å². The van der Waals surface area contributed by atoms with Crippen LogP contribution in [0.1, 0.15) is 17.0 Å². The summed E-state index contributed by atoms with van der Waals surface area (Å²) in [4.78, 5) is 12.1. The highest BCUT2D eigenvalue weighted by molar-refractivity contribution is 7.99. The van der Waals surface area contributed by atoms with Gasteiger partial charge in [0.1, 0.15) is 0 Å². The fourth-order valence-electron chi connectivity index (χ4n) is 2.34. The van der Waals surface area contributed by atoms with Crippen LogP contribution in [0.25, 0.3) is 5.95 Å². The number of amides is 1. The van der Waals surface area contributed by atoms with E-state index < -0.39 is 0 Å². The summed E-state index contributed by atoms with van der Waals surface area (Å²) in [6, 6.07) is 10.6. The van der Waals surface area contributed by atoms with Crippen LogP contribution in [0.2, 0.25) is 0 Å². The van der Waals surface area contributed by atoms with Crippen molar-refractivity contribution in [3.63, 3.8) is 0 Å². The van der Waals surface area contributed by atoms with Crippen LogP contribution < -0.4 is 11.2 Å². The average molecular weight is 368 g/mol. The number of carbonyl (C=O) groups excluding carboxylic acids is 1. The van der Waals surface area contributed by atoms with Gasteiger partial charge in [0.15, 0.2) is 0 Å². The largest absolute Gasteiger partial charge is 0.334 e. The van der Waals surface area contributed by atoms with Gasteiger partial charge in [-0.25, -0.2) is 9.36 Å². The second-order valence-electron chi connectivity index (χ2n) is 5.52. The maximum absolute atomic E-state index is 12.1. The van der Waals surface area contributed by atoms with Crippen molar-refractivity contribution in [3.8, 4) is 12.0 Å². The number of aromatic nitrogens is 5. The quantitative estimate of drug-likeness (QED) is 0.514. The van der Waals surface area contributed by atoms with Gasteiger partial charge in [-0.1, -0.05) is 17.8 Å². The normalized spacial score (nSPS) is 10.5. The molecule has 0 aliphatic carbocycles. The molecule has 0 aliphatic heterocycles. The van der Waals surface area contributed by atoms with Crippen LogP contribution in [-0.4, -0.2) is 36.3 Å². The molecule has 3 aromatic rings. The number of anilines is 1. The Morgan fingerprint density at radius 2 is 2.15 bits per heavy atom. The fourth-order valence-corrected chi connectivity index (χ4v) is 2.99. The minimum Gasteiger partial charge on any atom is -0.334 e. The van der Waals surface area contributed by atoms with Gasteiger partial charge >= 0.3 is 0 Å². The molecule has 2 aromatic heterocycles. The summed E-state index contributed by atoms with van der Waals surface area (Å²) < 4.78 is 2.90. The van der Waals surface area contributed by atoms with E-state index >= 15 is 0 Å². The lowest BCUT2D eigenvalue weighted by atomic mass is 10.2. The Morgan fingerprint density at radius 1 is 1.35 bits per heavy atom. The minimum atomic E-state index is -0.235. The van der Waals surface area contributed by atoms with Crippen molar-refractivity contribution >= 4 is 23.4 Å². The molecule has 1 amide bonds. The van der Waals surface area contributed by atoms with Crippen molar-refractivity contribution in [1.29, 1.82) is 5.26 Å². The summed E-state index contributed by atoms with van der Waals surface area (Å²) in [5, 5.41) is 24.4. The van der Waals surface area contributed by atoms with Crippen molar-refractivity contribution in [2.75, 3.05) is 16.9 Å². The molecule has 0 aliphatic rings. The van der Waals surface area contributed by atoms with Gasteiger partial charge in [0, 0.05) is 11.4 Å². The first-order valence-corrected chi connectivity index (χ1v) is 8.63. The zero-order valence-corrected chi connectivity index (χ0v) is 15.0. The molecule has 0 atom stereocenters. The van der Waals surface area contributed by atoms with Crippen molar-refractivity contribution in [2.45, 2.75) is 19.0 Å². The van der Waals surface area contributed by atoms with E-state index in [-0.39, 0.29) is 11.7 Å². The van der Waals surface area contributed by atoms with Crippen molar-refractivity contribution in [3.05, 3.63) is 47.3 Å². The van der Waals surface area contributed by atoms with Gasteiger partial charge < -0.3 is 11.2 Å². The number of nitrogens with zero attached hydrogens (tertiary/aromatic N) is 6. The molecule has 0 spiro atoms. The van der Waals surface area contributed by atoms with Gasteiger partial charge in [-0.2, -0.15) is 10.4 Å². The van der Waals surface area contributed by atoms with E-state index in [1.54, 1.807) is 28.9 Å². The van der Waals surface area contributed by atoms with Crippen LogP contribution in [0.4, 0.5) is 5.69 Å². The van der Waals surface area contributed by atoms with E-state index in [1.165, 1.54) is 4.68 Å². The zero-order valence-electron chi connectivity index (χ0n) is 14.2. The number of carbonyl (C=O) groups is 1. The Hall–Kier alpha value is -3.32. The lowest BCUT2D eigenvalue weighted by Crippen LogP contribution is -2.18. The Labute approximate surface area is 153 Å². The first kappa shape index (κ1) is 17.5. The van der Waals surface area contributed by atoms with Crippen molar-refractivity contribution in [1.82, 2.24) is 24.7 Å². The maximum atomic E-state index is 12.1. The average Bonchev–Trinajstić information content (AvgIpc) is 3.14. The second kappa shape index (κ2) is 7.28. The number of hydrogen-bond acceptors (Lipinski definition) is 7. The van der Waals surface area contributed by atoms with Gasteiger partial charge in [-0.15, -0.1) is 10.2 Å². The molecule has 3 N–H and O–H groups in total. The van der Waals surface area contributed by atoms with E-state index in [0.29, 0.717) is 22.4 Å². The standard InChI is InChI=1S/C16H16N8OS/c1-10-6-11(2)24(22-10)15-20-21-16(23(15)18)26-9-14(25)19-13-5-3-4-12(7-13)8-17/h3-7H,9,18H2,1-2H3,(H,19,25). The van der Waals surface area contributed by atoms with Gasteiger partial charge in [0.2, 0.25) is 11.1 Å². The third-order valence-electron chi connectivity index (χ3n) is 3.45. The number of aryl methyl sites for hydroxylation is 2. The third-order valence-corrected chi connectivity index (χ3v) is 4.40.